The molecule has 0 aliphatic carbocycles. The molecule has 3 aromatic rings. The van der Waals surface area contributed by atoms with Gasteiger partial charge in [-0.15, -0.1) is 10.2 Å². The van der Waals surface area contributed by atoms with Gasteiger partial charge in [-0.2, -0.15) is 0 Å². The molecule has 1 amide bonds. The van der Waals surface area contributed by atoms with Gasteiger partial charge in [-0.3, -0.25) is 9.59 Å². The van der Waals surface area contributed by atoms with Gasteiger partial charge in [0.1, 0.15) is 11.4 Å². The minimum atomic E-state index is -0.334. The highest BCUT2D eigenvalue weighted by atomic mass is 16.5. The quantitative estimate of drug-likeness (QED) is 0.504. The van der Waals surface area contributed by atoms with Crippen LogP contribution in [0.2, 0.25) is 0 Å². The van der Waals surface area contributed by atoms with E-state index in [2.05, 4.69) is 27.4 Å². The Hall–Kier alpha value is -3.48. The lowest BCUT2D eigenvalue weighted by Gasteiger charge is -2.07. The minimum Gasteiger partial charge on any atom is -0.494 e. The van der Waals surface area contributed by atoms with Crippen LogP contribution in [0.25, 0.3) is 11.4 Å². The number of unbranched alkanes of at least 4 members (excludes halogenated alkanes) is 1. The number of nitrogens with zero attached hydrogens (tertiary/aromatic N) is 2. The minimum absolute atomic E-state index is 0.136. The van der Waals surface area contributed by atoms with E-state index in [1.54, 1.807) is 0 Å². The topological polar surface area (TPSA) is 97.0 Å². The van der Waals surface area contributed by atoms with E-state index in [-0.39, 0.29) is 30.0 Å². The largest absolute Gasteiger partial charge is 0.494 e. The number of H-pyrrole nitrogens is 1. The summed E-state index contributed by atoms with van der Waals surface area (Å²) in [5, 5.41) is 11.0. The van der Waals surface area contributed by atoms with Crippen LogP contribution in [0.5, 0.6) is 5.75 Å². The van der Waals surface area contributed by atoms with Gasteiger partial charge in [0.25, 0.3) is 5.56 Å². The van der Waals surface area contributed by atoms with Crippen molar-refractivity contribution in [3.8, 4) is 17.1 Å². The van der Waals surface area contributed by atoms with Gasteiger partial charge in [-0.25, -0.2) is 0 Å². The molecule has 2 N–H and O–H groups in total. The van der Waals surface area contributed by atoms with Crippen LogP contribution in [0, 0.1) is 0 Å². The maximum Gasteiger partial charge on any atom is 0.273 e. The number of aromatic amines is 1. The third kappa shape index (κ3) is 6.27. The maximum atomic E-state index is 12.3. The van der Waals surface area contributed by atoms with Crippen LogP contribution >= 0.6 is 0 Å². The number of benzene rings is 2. The molecule has 0 aliphatic heterocycles. The van der Waals surface area contributed by atoms with Crippen molar-refractivity contribution in [1.29, 1.82) is 0 Å². The van der Waals surface area contributed by atoms with E-state index in [0.29, 0.717) is 19.0 Å². The average molecular weight is 406 g/mol. The van der Waals surface area contributed by atoms with E-state index < -0.39 is 0 Å². The Bertz CT molecular complexity index is 1000. The van der Waals surface area contributed by atoms with Gasteiger partial charge in [0.2, 0.25) is 5.91 Å². The molecule has 0 fully saturated rings. The average Bonchev–Trinajstić information content (AvgIpc) is 2.78. The van der Waals surface area contributed by atoms with Crippen LogP contribution in [0.15, 0.2) is 59.4 Å². The lowest BCUT2D eigenvalue weighted by atomic mass is 10.2. The number of nitrogens with one attached hydrogen (secondary N) is 2. The summed E-state index contributed by atoms with van der Waals surface area (Å²) in [6, 6.07) is 17.0. The van der Waals surface area contributed by atoms with Crippen molar-refractivity contribution in [1.82, 2.24) is 20.5 Å². The third-order valence-corrected chi connectivity index (χ3v) is 4.58. The zero-order chi connectivity index (χ0) is 21.2. The Morgan fingerprint density at radius 1 is 1.07 bits per heavy atom. The number of hydrogen-bond acceptors (Lipinski definition) is 5. The van der Waals surface area contributed by atoms with Gasteiger partial charge >= 0.3 is 0 Å². The van der Waals surface area contributed by atoms with Gasteiger partial charge in [-0.05, 0) is 36.2 Å². The summed E-state index contributed by atoms with van der Waals surface area (Å²) in [5.41, 5.74) is 1.68. The fraction of sp³-hybridized carbons (Fsp3) is 0.304. The number of amides is 1. The summed E-state index contributed by atoms with van der Waals surface area (Å²) in [6.07, 6.45) is 2.49. The summed E-state index contributed by atoms with van der Waals surface area (Å²) in [4.78, 5) is 27.1. The van der Waals surface area contributed by atoms with Gasteiger partial charge in [0.05, 0.1) is 6.61 Å². The van der Waals surface area contributed by atoms with Gasteiger partial charge < -0.3 is 15.0 Å². The van der Waals surface area contributed by atoms with Crippen molar-refractivity contribution in [2.45, 2.75) is 39.2 Å². The van der Waals surface area contributed by atoms with Crippen LogP contribution in [0.4, 0.5) is 0 Å². The number of rotatable bonds is 10. The van der Waals surface area contributed by atoms with E-state index >= 15 is 0 Å². The zero-order valence-corrected chi connectivity index (χ0v) is 17.1. The van der Waals surface area contributed by atoms with E-state index in [0.717, 1.165) is 29.7 Å². The fourth-order valence-electron chi connectivity index (χ4n) is 2.81. The maximum absolute atomic E-state index is 12.3. The molecule has 0 aliphatic rings. The first kappa shape index (κ1) is 21.2. The van der Waals surface area contributed by atoms with Crippen LogP contribution in [-0.2, 0) is 17.8 Å². The smallest absolute Gasteiger partial charge is 0.273 e. The van der Waals surface area contributed by atoms with E-state index in [1.165, 1.54) is 0 Å². The van der Waals surface area contributed by atoms with Crippen molar-refractivity contribution in [2.75, 3.05) is 6.61 Å². The van der Waals surface area contributed by atoms with Crippen molar-refractivity contribution in [2.24, 2.45) is 0 Å². The molecule has 0 bridgehead atoms. The Balaban J connectivity index is 1.53. The molecule has 2 aromatic carbocycles. The molecule has 7 nitrogen and oxygen atoms in total. The normalized spacial score (nSPS) is 10.6. The van der Waals surface area contributed by atoms with E-state index in [9.17, 15) is 9.59 Å². The molecule has 3 rings (SSSR count). The van der Waals surface area contributed by atoms with Crippen molar-refractivity contribution >= 4 is 5.91 Å². The number of hydrogen-bond donors (Lipinski definition) is 2. The first-order valence-electron chi connectivity index (χ1n) is 10.2. The summed E-state index contributed by atoms with van der Waals surface area (Å²) in [6.45, 7) is 3.25. The number of carbonyl (C=O) groups excluding carboxylic acids is 1. The molecule has 156 valence electrons. The standard InChI is InChI=1S/C23H26N4O3/c1-2-3-15-30-19-11-9-18(10-12-19)22-25-23(29)20(26-27-22)13-14-21(28)24-16-17-7-5-4-6-8-17/h4-12H,2-3,13-16H2,1H3,(H,24,28)(H,25,27,29). The fourth-order valence-corrected chi connectivity index (χ4v) is 2.81. The molecule has 7 heteroatoms. The molecular weight excluding hydrogens is 380 g/mol. The number of aryl methyl sites for hydroxylation is 1. The lowest BCUT2D eigenvalue weighted by Crippen LogP contribution is -2.25. The van der Waals surface area contributed by atoms with Crippen LogP contribution in [-0.4, -0.2) is 27.7 Å². The highest BCUT2D eigenvalue weighted by Crippen LogP contribution is 2.18. The molecule has 1 heterocycles. The number of aromatic nitrogens is 3. The molecule has 0 unspecified atom stereocenters. The molecule has 30 heavy (non-hydrogen) atoms. The predicted octanol–water partition coefficient (Wildman–Crippen LogP) is 3.26. The second-order valence-corrected chi connectivity index (χ2v) is 6.94. The van der Waals surface area contributed by atoms with Crippen molar-refractivity contribution in [3.05, 3.63) is 76.2 Å². The zero-order valence-electron chi connectivity index (χ0n) is 17.1. The first-order valence-corrected chi connectivity index (χ1v) is 10.2. The first-order chi connectivity index (χ1) is 14.7. The predicted molar refractivity (Wildman–Crippen MR) is 115 cm³/mol. The summed E-state index contributed by atoms with van der Waals surface area (Å²) in [5.74, 6) is 1.03. The Labute approximate surface area is 175 Å². The van der Waals surface area contributed by atoms with Crippen LogP contribution in [0.1, 0.15) is 37.4 Å². The second kappa shape index (κ2) is 10.9. The van der Waals surface area contributed by atoms with Crippen LogP contribution in [0.3, 0.4) is 0 Å². The summed E-state index contributed by atoms with van der Waals surface area (Å²) < 4.78 is 5.64. The number of ether oxygens (including phenoxy) is 1. The molecule has 0 atom stereocenters. The third-order valence-electron chi connectivity index (χ3n) is 4.58. The van der Waals surface area contributed by atoms with Crippen molar-refractivity contribution in [3.63, 3.8) is 0 Å². The van der Waals surface area contributed by atoms with Crippen molar-refractivity contribution < 1.29 is 9.53 Å². The van der Waals surface area contributed by atoms with Crippen LogP contribution < -0.4 is 15.6 Å². The highest BCUT2D eigenvalue weighted by Gasteiger charge is 2.10. The highest BCUT2D eigenvalue weighted by molar-refractivity contribution is 5.76. The molecule has 0 saturated heterocycles. The van der Waals surface area contributed by atoms with E-state index in [4.69, 9.17) is 4.74 Å². The molecule has 0 spiro atoms. The molecule has 0 saturated carbocycles. The Kier molecular flexibility index (Phi) is 7.71. The van der Waals surface area contributed by atoms with E-state index in [1.807, 2.05) is 54.6 Å². The number of carbonyl (C=O) groups is 1. The SMILES string of the molecule is CCCCOc1ccc(-c2nnc(CCC(=O)NCc3ccccc3)c(=O)[nH]2)cc1. The summed E-state index contributed by atoms with van der Waals surface area (Å²) in [7, 11) is 0. The molecule has 1 aromatic heterocycles. The van der Waals surface area contributed by atoms with Gasteiger partial charge in [0, 0.05) is 24.9 Å². The van der Waals surface area contributed by atoms with Gasteiger partial charge in [0.15, 0.2) is 5.82 Å². The molecular formula is C23H26N4O3. The Morgan fingerprint density at radius 3 is 2.53 bits per heavy atom. The van der Waals surface area contributed by atoms with Gasteiger partial charge in [-0.1, -0.05) is 43.7 Å². The lowest BCUT2D eigenvalue weighted by molar-refractivity contribution is -0.121. The Morgan fingerprint density at radius 2 is 1.83 bits per heavy atom. The monoisotopic (exact) mass is 406 g/mol. The summed E-state index contributed by atoms with van der Waals surface area (Å²) >= 11 is 0. The second-order valence-electron chi connectivity index (χ2n) is 6.94. The molecule has 0 radical (unpaired) electrons.